The van der Waals surface area contributed by atoms with Crippen molar-refractivity contribution in [2.75, 3.05) is 52.4 Å². The Labute approximate surface area is 132 Å². The molecule has 6 nitrogen and oxygen atoms in total. The van der Waals surface area contributed by atoms with Gasteiger partial charge in [-0.1, -0.05) is 28.7 Å². The van der Waals surface area contributed by atoms with E-state index in [-0.39, 0.29) is 14.9 Å². The van der Waals surface area contributed by atoms with Crippen LogP contribution < -0.4 is 0 Å². The second-order valence-corrected chi connectivity index (χ2v) is 13.0. The lowest BCUT2D eigenvalue weighted by Crippen LogP contribution is -1.89. The number of hydrogen-bond donors (Lipinski definition) is 0. The van der Waals surface area contributed by atoms with E-state index in [4.69, 9.17) is 0 Å². The molecule has 0 aromatic rings. The van der Waals surface area contributed by atoms with E-state index >= 15 is 0 Å². The first-order chi connectivity index (χ1) is 8.24. The van der Waals surface area contributed by atoms with Gasteiger partial charge < -0.3 is 13.6 Å². The van der Waals surface area contributed by atoms with Crippen molar-refractivity contribution in [3.63, 3.8) is 0 Å². The summed E-state index contributed by atoms with van der Waals surface area (Å²) >= 11 is 0. The topological polar surface area (TPSA) is 86.7 Å². The third-order valence-corrected chi connectivity index (χ3v) is 5.12. The molecule has 0 radical (unpaired) electrons. The summed E-state index contributed by atoms with van der Waals surface area (Å²) < 4.78 is 49.9. The zero-order chi connectivity index (χ0) is 16.3. The van der Waals surface area contributed by atoms with E-state index in [1.807, 2.05) is 6.92 Å². The SMILES string of the molecule is C.C.CCP(=O)(OC)OC.CCP(C)(C)=O.CS(C)(=O)=O. The zero-order valence-electron chi connectivity index (χ0n) is 13.2. The van der Waals surface area contributed by atoms with Crippen molar-refractivity contribution in [3.8, 4) is 0 Å². The Morgan fingerprint density at radius 1 is 0.857 bits per heavy atom. The Morgan fingerprint density at radius 3 is 1.05 bits per heavy atom. The summed E-state index contributed by atoms with van der Waals surface area (Å²) in [5, 5.41) is 0. The van der Waals surface area contributed by atoms with Crippen molar-refractivity contribution >= 4 is 24.6 Å². The molecule has 0 bridgehead atoms. The summed E-state index contributed by atoms with van der Waals surface area (Å²) in [5.41, 5.74) is 0. The van der Waals surface area contributed by atoms with E-state index in [9.17, 15) is 17.5 Å². The highest BCUT2D eigenvalue weighted by Crippen LogP contribution is 2.45. The monoisotopic (exact) mass is 370 g/mol. The van der Waals surface area contributed by atoms with Crippen LogP contribution in [0.2, 0.25) is 0 Å². The predicted octanol–water partition coefficient (Wildman–Crippen LogP) is 4.05. The van der Waals surface area contributed by atoms with Crippen LogP contribution in [0.1, 0.15) is 28.7 Å². The predicted molar refractivity (Wildman–Crippen MR) is 96.4 cm³/mol. The maximum atomic E-state index is 10.9. The normalized spacial score (nSPS) is 10.7. The highest BCUT2D eigenvalue weighted by atomic mass is 32.2. The van der Waals surface area contributed by atoms with Gasteiger partial charge in [0.2, 0.25) is 0 Å². The molecule has 0 spiro atoms. The molecule has 0 aromatic heterocycles. The minimum absolute atomic E-state index is 0. The fourth-order valence-corrected chi connectivity index (χ4v) is 0.998. The van der Waals surface area contributed by atoms with E-state index in [0.717, 1.165) is 18.7 Å². The number of hydrogen-bond acceptors (Lipinski definition) is 6. The average Bonchev–Trinajstić information content (AvgIpc) is 2.26. The largest absolute Gasteiger partial charge is 0.329 e. The van der Waals surface area contributed by atoms with Gasteiger partial charge in [0.15, 0.2) is 0 Å². The number of rotatable bonds is 4. The molecule has 0 fully saturated rings. The lowest BCUT2D eigenvalue weighted by molar-refractivity contribution is 0.277. The molecule has 0 saturated carbocycles. The molecule has 0 aromatic carbocycles. The summed E-state index contributed by atoms with van der Waals surface area (Å²) in [7, 11) is -4.21. The van der Waals surface area contributed by atoms with Crippen LogP contribution in [0.5, 0.6) is 0 Å². The molecule has 0 atom stereocenters. The Morgan fingerprint density at radius 2 is 1.05 bits per heavy atom. The highest BCUT2D eigenvalue weighted by Gasteiger charge is 2.15. The van der Waals surface area contributed by atoms with Crippen molar-refractivity contribution < 1.29 is 26.6 Å². The second kappa shape index (κ2) is 15.2. The second-order valence-electron chi connectivity index (χ2n) is 4.33. The highest BCUT2D eigenvalue weighted by molar-refractivity contribution is 7.89. The summed E-state index contributed by atoms with van der Waals surface area (Å²) in [6, 6.07) is 0. The molecule has 9 heteroatoms. The average molecular weight is 370 g/mol. The van der Waals surface area contributed by atoms with Crippen LogP contribution in [0.25, 0.3) is 0 Å². The first-order valence-electron chi connectivity index (χ1n) is 5.64. The van der Waals surface area contributed by atoms with E-state index in [2.05, 4.69) is 9.05 Å². The fraction of sp³-hybridized carbons (Fsp3) is 1.00. The van der Waals surface area contributed by atoms with Crippen LogP contribution in [0, 0.1) is 0 Å². The molecule has 0 aliphatic heterocycles. The van der Waals surface area contributed by atoms with Gasteiger partial charge in [0.05, 0.1) is 7.14 Å². The van der Waals surface area contributed by atoms with Gasteiger partial charge in [0.1, 0.15) is 9.84 Å². The van der Waals surface area contributed by atoms with Crippen LogP contribution in [0.4, 0.5) is 0 Å². The molecule has 0 aliphatic carbocycles. The lowest BCUT2D eigenvalue weighted by Gasteiger charge is -2.08. The fourth-order valence-electron chi connectivity index (χ4n) is 0.333. The van der Waals surface area contributed by atoms with Crippen molar-refractivity contribution in [2.45, 2.75) is 28.7 Å². The van der Waals surface area contributed by atoms with Crippen LogP contribution in [-0.2, 0) is 28.0 Å². The molecule has 0 N–H and O–H groups in total. The van der Waals surface area contributed by atoms with E-state index in [1.54, 1.807) is 20.3 Å². The number of sulfone groups is 1. The van der Waals surface area contributed by atoms with Gasteiger partial charge in [-0.15, -0.1) is 0 Å². The Hall–Kier alpha value is 0.330. The molecule has 0 heterocycles. The van der Waals surface area contributed by atoms with Gasteiger partial charge in [0.25, 0.3) is 0 Å². The van der Waals surface area contributed by atoms with Crippen LogP contribution in [-0.4, -0.2) is 60.8 Å². The van der Waals surface area contributed by atoms with Crippen molar-refractivity contribution in [1.82, 2.24) is 0 Å². The van der Waals surface area contributed by atoms with Gasteiger partial charge in [0, 0.05) is 32.9 Å². The lowest BCUT2D eigenvalue weighted by atomic mass is 11.0. The summed E-state index contributed by atoms with van der Waals surface area (Å²) in [6.45, 7) is 7.30. The smallest absolute Gasteiger partial charge is 0.324 e. The standard InChI is InChI=1S/C4H11O3P.C4H11OP.C2H6O2S.2CH4/c1-4-8(5,6-2)7-3;1-4-6(2,3)5;1-5(2,3)4;;/h4H2,1-3H3;4H2,1-3H3;1-2H3;2*1H4. The molecule has 0 aliphatic rings. The summed E-state index contributed by atoms with van der Waals surface area (Å²) in [6.07, 6.45) is 3.58. The van der Waals surface area contributed by atoms with Gasteiger partial charge >= 0.3 is 7.60 Å². The maximum Gasteiger partial charge on any atom is 0.329 e. The van der Waals surface area contributed by atoms with E-state index < -0.39 is 24.6 Å². The molecule has 21 heavy (non-hydrogen) atoms. The quantitative estimate of drug-likeness (QED) is 0.694. The molecular formula is C12H36O6P2S. The maximum absolute atomic E-state index is 10.9. The molecule has 0 rings (SSSR count). The van der Waals surface area contributed by atoms with Gasteiger partial charge in [-0.3, -0.25) is 4.57 Å². The molecule has 136 valence electrons. The van der Waals surface area contributed by atoms with Crippen molar-refractivity contribution in [1.29, 1.82) is 0 Å². The van der Waals surface area contributed by atoms with E-state index in [0.29, 0.717) is 6.16 Å². The van der Waals surface area contributed by atoms with Crippen molar-refractivity contribution in [3.05, 3.63) is 0 Å². The molecule has 0 amide bonds. The van der Waals surface area contributed by atoms with Crippen LogP contribution >= 0.6 is 14.7 Å². The van der Waals surface area contributed by atoms with Gasteiger partial charge in [-0.05, 0) is 19.5 Å². The molecule has 0 saturated heterocycles. The Balaban J connectivity index is -0.0000000598. The van der Waals surface area contributed by atoms with Gasteiger partial charge in [-0.25, -0.2) is 8.42 Å². The Kier molecular flexibility index (Phi) is 24.0. The third kappa shape index (κ3) is 44.9. The van der Waals surface area contributed by atoms with Crippen molar-refractivity contribution in [2.24, 2.45) is 0 Å². The molecular weight excluding hydrogens is 334 g/mol. The first-order valence-corrected chi connectivity index (χ1v) is 12.5. The van der Waals surface area contributed by atoms with E-state index in [1.165, 1.54) is 14.2 Å². The minimum Gasteiger partial charge on any atom is -0.324 e. The third-order valence-electron chi connectivity index (χ3n) is 1.71. The Bertz CT molecular complexity index is 373. The van der Waals surface area contributed by atoms with Crippen LogP contribution in [0.3, 0.4) is 0 Å². The zero-order valence-corrected chi connectivity index (χ0v) is 15.8. The summed E-state index contributed by atoms with van der Waals surface area (Å²) in [4.78, 5) is 0. The summed E-state index contributed by atoms with van der Waals surface area (Å²) in [5.74, 6) is 0. The first kappa shape index (κ1) is 33.1. The van der Waals surface area contributed by atoms with Crippen LogP contribution in [0.15, 0.2) is 0 Å². The van der Waals surface area contributed by atoms with Gasteiger partial charge in [-0.2, -0.15) is 0 Å². The molecule has 0 unspecified atom stereocenters. The minimum atomic E-state index is -2.67.